The molecule has 0 spiro atoms. The Bertz CT molecular complexity index is 334. The van der Waals surface area contributed by atoms with E-state index in [9.17, 15) is 0 Å². The highest BCUT2D eigenvalue weighted by atomic mass is 32.1. The third-order valence-corrected chi connectivity index (χ3v) is 4.47. The Hall–Kier alpha value is -0.450. The van der Waals surface area contributed by atoms with Crippen molar-refractivity contribution in [3.05, 3.63) is 16.1 Å². The van der Waals surface area contributed by atoms with E-state index in [-0.39, 0.29) is 0 Å². The van der Waals surface area contributed by atoms with Crippen molar-refractivity contribution >= 4 is 11.3 Å². The standard InChI is InChI=1S/C12H20N2OS/c1-10-11(16-9-14-10)2-6-13-8-12(3-4-12)5-7-15/h9,13,15H,2-8H2,1H3. The van der Waals surface area contributed by atoms with E-state index in [0.29, 0.717) is 12.0 Å². The molecule has 90 valence electrons. The molecule has 1 aliphatic carbocycles. The van der Waals surface area contributed by atoms with Gasteiger partial charge >= 0.3 is 0 Å². The first-order valence-electron chi connectivity index (χ1n) is 5.96. The van der Waals surface area contributed by atoms with Gasteiger partial charge in [-0.1, -0.05) is 0 Å². The van der Waals surface area contributed by atoms with Gasteiger partial charge in [0.05, 0.1) is 11.2 Å². The number of aromatic nitrogens is 1. The summed E-state index contributed by atoms with van der Waals surface area (Å²) in [4.78, 5) is 5.63. The summed E-state index contributed by atoms with van der Waals surface area (Å²) < 4.78 is 0. The lowest BCUT2D eigenvalue weighted by atomic mass is 10.0. The Labute approximate surface area is 101 Å². The number of hydrogen-bond donors (Lipinski definition) is 2. The second kappa shape index (κ2) is 5.25. The molecule has 0 aliphatic heterocycles. The van der Waals surface area contributed by atoms with E-state index >= 15 is 0 Å². The van der Waals surface area contributed by atoms with Crippen LogP contribution in [-0.2, 0) is 6.42 Å². The molecular formula is C12H20N2OS. The van der Waals surface area contributed by atoms with Crippen molar-refractivity contribution < 1.29 is 5.11 Å². The summed E-state index contributed by atoms with van der Waals surface area (Å²) in [5.74, 6) is 0. The lowest BCUT2D eigenvalue weighted by Gasteiger charge is -2.14. The van der Waals surface area contributed by atoms with Crippen LogP contribution in [0.25, 0.3) is 0 Å². The van der Waals surface area contributed by atoms with Crippen LogP contribution in [0.1, 0.15) is 29.8 Å². The van der Waals surface area contributed by atoms with Crippen molar-refractivity contribution in [3.8, 4) is 0 Å². The van der Waals surface area contributed by atoms with Crippen molar-refractivity contribution in [2.75, 3.05) is 19.7 Å². The number of rotatable bonds is 7. The van der Waals surface area contributed by atoms with Crippen molar-refractivity contribution in [2.45, 2.75) is 32.6 Å². The van der Waals surface area contributed by atoms with E-state index in [2.05, 4.69) is 17.2 Å². The fraction of sp³-hybridized carbons (Fsp3) is 0.750. The second-order valence-electron chi connectivity index (χ2n) is 4.76. The van der Waals surface area contributed by atoms with Crippen molar-refractivity contribution in [2.24, 2.45) is 5.41 Å². The summed E-state index contributed by atoms with van der Waals surface area (Å²) in [6, 6.07) is 0. The summed E-state index contributed by atoms with van der Waals surface area (Å²) in [7, 11) is 0. The van der Waals surface area contributed by atoms with Gasteiger partial charge in [-0.25, -0.2) is 4.98 Å². The summed E-state index contributed by atoms with van der Waals surface area (Å²) >= 11 is 1.74. The van der Waals surface area contributed by atoms with E-state index in [0.717, 1.165) is 25.9 Å². The summed E-state index contributed by atoms with van der Waals surface area (Å²) in [5.41, 5.74) is 3.51. The fourth-order valence-corrected chi connectivity index (χ4v) is 2.83. The van der Waals surface area contributed by atoms with Gasteiger partial charge in [-0.05, 0) is 38.0 Å². The highest BCUT2D eigenvalue weighted by molar-refractivity contribution is 7.09. The largest absolute Gasteiger partial charge is 0.396 e. The van der Waals surface area contributed by atoms with Crippen molar-refractivity contribution in [1.29, 1.82) is 0 Å². The Morgan fingerprint density at radius 2 is 2.38 bits per heavy atom. The van der Waals surface area contributed by atoms with E-state index in [1.165, 1.54) is 23.4 Å². The van der Waals surface area contributed by atoms with Crippen LogP contribution in [0.3, 0.4) is 0 Å². The molecule has 3 nitrogen and oxygen atoms in total. The minimum Gasteiger partial charge on any atom is -0.396 e. The smallest absolute Gasteiger partial charge is 0.0797 e. The lowest BCUT2D eigenvalue weighted by molar-refractivity contribution is 0.245. The Morgan fingerprint density at radius 3 is 2.94 bits per heavy atom. The highest BCUT2D eigenvalue weighted by Gasteiger charge is 2.41. The number of nitrogens with one attached hydrogen (secondary N) is 1. The number of aryl methyl sites for hydroxylation is 1. The molecule has 1 aromatic heterocycles. The molecule has 16 heavy (non-hydrogen) atoms. The zero-order valence-electron chi connectivity index (χ0n) is 9.83. The first-order valence-corrected chi connectivity index (χ1v) is 6.84. The van der Waals surface area contributed by atoms with Crippen LogP contribution < -0.4 is 5.32 Å². The maximum absolute atomic E-state index is 8.95. The molecule has 0 amide bonds. The zero-order valence-corrected chi connectivity index (χ0v) is 10.6. The quantitative estimate of drug-likeness (QED) is 0.714. The SMILES string of the molecule is Cc1ncsc1CCNCC1(CCO)CC1. The molecule has 2 rings (SSSR count). The third kappa shape index (κ3) is 3.03. The molecule has 0 bridgehead atoms. The van der Waals surface area contributed by atoms with Crippen molar-refractivity contribution in [1.82, 2.24) is 10.3 Å². The molecule has 1 fully saturated rings. The third-order valence-electron chi connectivity index (χ3n) is 3.47. The van der Waals surface area contributed by atoms with Crippen LogP contribution >= 0.6 is 11.3 Å². The first-order chi connectivity index (χ1) is 7.76. The Balaban J connectivity index is 1.64. The number of aliphatic hydroxyl groups is 1. The average Bonchev–Trinajstić information content (AvgIpc) is 2.91. The summed E-state index contributed by atoms with van der Waals surface area (Å²) in [6.45, 7) is 4.48. The molecule has 1 saturated carbocycles. The topological polar surface area (TPSA) is 45.2 Å². The van der Waals surface area contributed by atoms with Gasteiger partial charge in [-0.2, -0.15) is 0 Å². The highest BCUT2D eigenvalue weighted by Crippen LogP contribution is 2.47. The number of thiazole rings is 1. The van der Waals surface area contributed by atoms with Gasteiger partial charge in [0.25, 0.3) is 0 Å². The van der Waals surface area contributed by atoms with Gasteiger partial charge in [0, 0.05) is 24.6 Å². The van der Waals surface area contributed by atoms with E-state index in [1.54, 1.807) is 11.3 Å². The molecule has 0 radical (unpaired) electrons. The normalized spacial score (nSPS) is 17.6. The van der Waals surface area contributed by atoms with Crippen molar-refractivity contribution in [3.63, 3.8) is 0 Å². The molecule has 4 heteroatoms. The monoisotopic (exact) mass is 240 g/mol. The summed E-state index contributed by atoms with van der Waals surface area (Å²) in [5, 5.41) is 12.5. The molecule has 1 heterocycles. The molecular weight excluding hydrogens is 220 g/mol. The predicted octanol–water partition coefficient (Wildman–Crippen LogP) is 1.75. The predicted molar refractivity (Wildman–Crippen MR) is 66.8 cm³/mol. The molecule has 0 saturated heterocycles. The van der Waals surface area contributed by atoms with Gasteiger partial charge in [0.2, 0.25) is 0 Å². The van der Waals surface area contributed by atoms with Gasteiger partial charge in [-0.15, -0.1) is 11.3 Å². The maximum Gasteiger partial charge on any atom is 0.0797 e. The van der Waals surface area contributed by atoms with Gasteiger partial charge in [-0.3, -0.25) is 0 Å². The first kappa shape index (κ1) is 12.0. The van der Waals surface area contributed by atoms with E-state index in [1.807, 2.05) is 5.51 Å². The van der Waals surface area contributed by atoms with Gasteiger partial charge in [0.15, 0.2) is 0 Å². The van der Waals surface area contributed by atoms with Crippen LogP contribution in [0, 0.1) is 12.3 Å². The van der Waals surface area contributed by atoms with Gasteiger partial charge < -0.3 is 10.4 Å². The molecule has 2 N–H and O–H groups in total. The number of aliphatic hydroxyl groups excluding tert-OH is 1. The van der Waals surface area contributed by atoms with Crippen LogP contribution in [0.15, 0.2) is 5.51 Å². The molecule has 0 aromatic carbocycles. The summed E-state index contributed by atoms with van der Waals surface area (Å²) in [6.07, 6.45) is 4.59. The van der Waals surface area contributed by atoms with Crippen LogP contribution in [-0.4, -0.2) is 29.8 Å². The molecule has 1 aromatic rings. The Kier molecular flexibility index (Phi) is 3.95. The van der Waals surface area contributed by atoms with Crippen LogP contribution in [0.4, 0.5) is 0 Å². The minimum absolute atomic E-state index is 0.329. The molecule has 1 aliphatic rings. The zero-order chi connectivity index (χ0) is 11.4. The fourth-order valence-electron chi connectivity index (χ4n) is 2.05. The number of hydrogen-bond acceptors (Lipinski definition) is 4. The average molecular weight is 240 g/mol. The van der Waals surface area contributed by atoms with Crippen LogP contribution in [0.5, 0.6) is 0 Å². The van der Waals surface area contributed by atoms with Gasteiger partial charge in [0.1, 0.15) is 0 Å². The number of nitrogens with zero attached hydrogens (tertiary/aromatic N) is 1. The van der Waals surface area contributed by atoms with Crippen LogP contribution in [0.2, 0.25) is 0 Å². The molecule has 0 unspecified atom stereocenters. The molecule has 0 atom stereocenters. The maximum atomic E-state index is 8.95. The van der Waals surface area contributed by atoms with E-state index in [4.69, 9.17) is 5.11 Å². The lowest BCUT2D eigenvalue weighted by Crippen LogP contribution is -2.26. The second-order valence-corrected chi connectivity index (χ2v) is 5.70. The Morgan fingerprint density at radius 1 is 1.56 bits per heavy atom. The minimum atomic E-state index is 0.329. The van der Waals surface area contributed by atoms with E-state index < -0.39 is 0 Å².